The topological polar surface area (TPSA) is 73.3 Å². The monoisotopic (exact) mass is 259 g/mol. The molecule has 0 saturated carbocycles. The Bertz CT molecular complexity index is 365. The van der Waals surface area contributed by atoms with Crippen LogP contribution in [0, 0.1) is 0 Å². The number of nitrogens with one attached hydrogen (secondary N) is 1. The normalized spacial score (nSPS) is 12.2. The van der Waals surface area contributed by atoms with Crippen molar-refractivity contribution < 1.29 is 13.7 Å². The standard InChI is InChI=1S/C10H17N3O3S/c1-15-9-8(6-11-4-5-17(3)14)10(16-2)13-7-12-9/h7,11H,4-6H2,1-3H3. The van der Waals surface area contributed by atoms with Gasteiger partial charge in [0.15, 0.2) is 0 Å². The van der Waals surface area contributed by atoms with Crippen LogP contribution in [0.5, 0.6) is 11.8 Å². The minimum atomic E-state index is -0.794. The number of aromatic nitrogens is 2. The van der Waals surface area contributed by atoms with E-state index in [2.05, 4.69) is 15.3 Å². The molecule has 0 saturated heterocycles. The molecular weight excluding hydrogens is 242 g/mol. The first kappa shape index (κ1) is 13.9. The summed E-state index contributed by atoms with van der Waals surface area (Å²) < 4.78 is 21.2. The van der Waals surface area contributed by atoms with Crippen molar-refractivity contribution in [1.29, 1.82) is 0 Å². The lowest BCUT2D eigenvalue weighted by Gasteiger charge is -2.11. The first-order chi connectivity index (χ1) is 8.19. The van der Waals surface area contributed by atoms with Gasteiger partial charge in [0.1, 0.15) is 6.33 Å². The van der Waals surface area contributed by atoms with Gasteiger partial charge in [0, 0.05) is 35.9 Å². The highest BCUT2D eigenvalue weighted by molar-refractivity contribution is 7.84. The van der Waals surface area contributed by atoms with Crippen molar-refractivity contribution in [2.75, 3.05) is 32.8 Å². The molecule has 0 aliphatic heterocycles. The molecule has 0 amide bonds. The minimum Gasteiger partial charge on any atom is -0.481 e. The van der Waals surface area contributed by atoms with Crippen molar-refractivity contribution in [2.45, 2.75) is 6.54 Å². The van der Waals surface area contributed by atoms with Gasteiger partial charge in [-0.1, -0.05) is 0 Å². The van der Waals surface area contributed by atoms with E-state index in [-0.39, 0.29) is 0 Å². The van der Waals surface area contributed by atoms with Gasteiger partial charge in [-0.15, -0.1) is 0 Å². The molecule has 1 aromatic rings. The number of hydrogen-bond acceptors (Lipinski definition) is 6. The van der Waals surface area contributed by atoms with Crippen LogP contribution in [0.25, 0.3) is 0 Å². The van der Waals surface area contributed by atoms with Crippen LogP contribution in [0.2, 0.25) is 0 Å². The van der Waals surface area contributed by atoms with Gasteiger partial charge < -0.3 is 14.8 Å². The molecule has 1 atom stereocenters. The van der Waals surface area contributed by atoms with Gasteiger partial charge in [0.2, 0.25) is 11.8 Å². The molecule has 0 aromatic carbocycles. The Morgan fingerprint density at radius 2 is 1.88 bits per heavy atom. The van der Waals surface area contributed by atoms with Crippen molar-refractivity contribution in [2.24, 2.45) is 0 Å². The number of nitrogens with zero attached hydrogens (tertiary/aromatic N) is 2. The maximum absolute atomic E-state index is 10.9. The van der Waals surface area contributed by atoms with Crippen molar-refractivity contribution in [3.05, 3.63) is 11.9 Å². The Kier molecular flexibility index (Phi) is 5.85. The van der Waals surface area contributed by atoms with Gasteiger partial charge in [-0.2, -0.15) is 0 Å². The molecule has 1 aromatic heterocycles. The molecular formula is C10H17N3O3S. The lowest BCUT2D eigenvalue weighted by atomic mass is 10.3. The van der Waals surface area contributed by atoms with Crippen molar-refractivity contribution >= 4 is 10.8 Å². The van der Waals surface area contributed by atoms with Crippen LogP contribution in [0.3, 0.4) is 0 Å². The number of methoxy groups -OCH3 is 2. The SMILES string of the molecule is COc1ncnc(OC)c1CNCCS(C)=O. The maximum Gasteiger partial charge on any atom is 0.224 e. The zero-order valence-electron chi connectivity index (χ0n) is 10.2. The summed E-state index contributed by atoms with van der Waals surface area (Å²) in [7, 11) is 2.30. The fourth-order valence-corrected chi connectivity index (χ4v) is 1.75. The molecule has 1 rings (SSSR count). The second-order valence-corrected chi connectivity index (χ2v) is 4.88. The van der Waals surface area contributed by atoms with E-state index in [1.54, 1.807) is 20.5 Å². The van der Waals surface area contributed by atoms with Gasteiger partial charge in [-0.3, -0.25) is 4.21 Å². The fraction of sp³-hybridized carbons (Fsp3) is 0.600. The first-order valence-electron chi connectivity index (χ1n) is 5.11. The van der Waals surface area contributed by atoms with E-state index < -0.39 is 10.8 Å². The highest BCUT2D eigenvalue weighted by Gasteiger charge is 2.11. The molecule has 0 aliphatic carbocycles. The second-order valence-electron chi connectivity index (χ2n) is 3.32. The quantitative estimate of drug-likeness (QED) is 0.693. The predicted octanol–water partition coefficient (Wildman–Crippen LogP) is -0.0381. The summed E-state index contributed by atoms with van der Waals surface area (Å²) in [6.45, 7) is 1.18. The minimum absolute atomic E-state index is 0.488. The molecule has 0 spiro atoms. The molecule has 96 valence electrons. The zero-order chi connectivity index (χ0) is 12.7. The van der Waals surface area contributed by atoms with Crippen LogP contribution in [0.1, 0.15) is 5.56 Å². The van der Waals surface area contributed by atoms with Crippen LogP contribution in [0.4, 0.5) is 0 Å². The molecule has 1 N–H and O–H groups in total. The summed E-state index contributed by atoms with van der Waals surface area (Å²) in [6, 6.07) is 0. The molecule has 0 bridgehead atoms. The lowest BCUT2D eigenvalue weighted by molar-refractivity contribution is 0.359. The first-order valence-corrected chi connectivity index (χ1v) is 6.84. The van der Waals surface area contributed by atoms with Crippen LogP contribution in [-0.2, 0) is 17.3 Å². The molecule has 0 aliphatic rings. The highest BCUT2D eigenvalue weighted by atomic mass is 32.2. The van der Waals surface area contributed by atoms with E-state index in [1.165, 1.54) is 6.33 Å². The predicted molar refractivity (Wildman–Crippen MR) is 65.8 cm³/mol. The Morgan fingerprint density at radius 3 is 2.35 bits per heavy atom. The number of ether oxygens (including phenoxy) is 2. The third-order valence-corrected chi connectivity index (χ3v) is 2.90. The van der Waals surface area contributed by atoms with Gasteiger partial charge in [0.25, 0.3) is 0 Å². The van der Waals surface area contributed by atoms with E-state index in [4.69, 9.17) is 9.47 Å². The van der Waals surface area contributed by atoms with Crippen molar-refractivity contribution in [3.63, 3.8) is 0 Å². The van der Waals surface area contributed by atoms with E-state index in [9.17, 15) is 4.21 Å². The summed E-state index contributed by atoms with van der Waals surface area (Å²) in [5.74, 6) is 1.59. The Balaban J connectivity index is 2.64. The van der Waals surface area contributed by atoms with E-state index >= 15 is 0 Å². The van der Waals surface area contributed by atoms with E-state index in [0.29, 0.717) is 30.6 Å². The van der Waals surface area contributed by atoms with Gasteiger partial charge >= 0.3 is 0 Å². The molecule has 6 nitrogen and oxygen atoms in total. The molecule has 0 radical (unpaired) electrons. The number of rotatable bonds is 7. The van der Waals surface area contributed by atoms with Crippen LogP contribution >= 0.6 is 0 Å². The van der Waals surface area contributed by atoms with Crippen LogP contribution in [0.15, 0.2) is 6.33 Å². The zero-order valence-corrected chi connectivity index (χ0v) is 11.0. The smallest absolute Gasteiger partial charge is 0.224 e. The Hall–Kier alpha value is -1.21. The third kappa shape index (κ3) is 4.27. The largest absolute Gasteiger partial charge is 0.481 e. The van der Waals surface area contributed by atoms with E-state index in [0.717, 1.165) is 5.56 Å². The highest BCUT2D eigenvalue weighted by Crippen LogP contribution is 2.22. The molecule has 0 fully saturated rings. The summed E-state index contributed by atoms with van der Waals surface area (Å²) in [5.41, 5.74) is 0.763. The fourth-order valence-electron chi connectivity index (χ4n) is 1.31. The molecule has 1 unspecified atom stereocenters. The summed E-state index contributed by atoms with van der Waals surface area (Å²) in [4.78, 5) is 8.01. The Labute approximate surface area is 103 Å². The van der Waals surface area contributed by atoms with Crippen molar-refractivity contribution in [3.8, 4) is 11.8 Å². The summed E-state index contributed by atoms with van der Waals surface area (Å²) >= 11 is 0. The summed E-state index contributed by atoms with van der Waals surface area (Å²) in [5, 5.41) is 3.15. The summed E-state index contributed by atoms with van der Waals surface area (Å²) in [6.07, 6.45) is 3.07. The lowest BCUT2D eigenvalue weighted by Crippen LogP contribution is -2.20. The van der Waals surface area contributed by atoms with Crippen LogP contribution in [-0.4, -0.2) is 46.9 Å². The molecule has 7 heteroatoms. The van der Waals surface area contributed by atoms with Gasteiger partial charge in [-0.05, 0) is 0 Å². The Morgan fingerprint density at radius 1 is 1.29 bits per heavy atom. The second kappa shape index (κ2) is 7.18. The number of hydrogen-bond donors (Lipinski definition) is 1. The molecule has 1 heterocycles. The van der Waals surface area contributed by atoms with Crippen molar-refractivity contribution in [1.82, 2.24) is 15.3 Å². The average Bonchev–Trinajstić information content (AvgIpc) is 2.34. The third-order valence-electron chi connectivity index (χ3n) is 2.12. The molecule has 17 heavy (non-hydrogen) atoms. The van der Waals surface area contributed by atoms with Gasteiger partial charge in [0.05, 0.1) is 19.8 Å². The van der Waals surface area contributed by atoms with Crippen LogP contribution < -0.4 is 14.8 Å². The maximum atomic E-state index is 10.9. The van der Waals surface area contributed by atoms with E-state index in [1.807, 2.05) is 0 Å². The average molecular weight is 259 g/mol. The van der Waals surface area contributed by atoms with Gasteiger partial charge in [-0.25, -0.2) is 9.97 Å².